The highest BCUT2D eigenvalue weighted by Gasteiger charge is 2.28. The van der Waals surface area contributed by atoms with E-state index in [1.807, 2.05) is 12.2 Å². The van der Waals surface area contributed by atoms with Crippen LogP contribution in [-0.2, 0) is 42.2 Å². The van der Waals surface area contributed by atoms with Crippen LogP contribution in [0.4, 0.5) is 0 Å². The van der Waals surface area contributed by atoms with Gasteiger partial charge in [-0.2, -0.15) is 0 Å². The molecule has 0 aliphatic heterocycles. The Morgan fingerprint density at radius 2 is 0.643 bits per heavy atom. The van der Waals surface area contributed by atoms with Crippen LogP contribution in [0, 0.1) is 0 Å². The number of unbranched alkanes of at least 4 members (excludes halogenated alkanes) is 18. The maximum atomic E-state index is 13.0. The third kappa shape index (κ3) is 61.9. The Balaban J connectivity index is 4.85. The Bertz CT molecular complexity index is 1970. The van der Waals surface area contributed by atoms with E-state index in [-0.39, 0.29) is 19.3 Å². The molecule has 0 rings (SSSR count). The highest BCUT2D eigenvalue weighted by Crippen LogP contribution is 2.43. The molecular weight excluding hydrogens is 1070 g/mol. The molecule has 11 nitrogen and oxygen atoms in total. The fourth-order valence-corrected chi connectivity index (χ4v) is 9.13. The van der Waals surface area contributed by atoms with Crippen LogP contribution in [0.25, 0.3) is 0 Å². The molecule has 0 spiro atoms. The number of hydrogen-bond donors (Lipinski definition) is 2. The number of aliphatic hydroxyl groups excluding tert-OH is 1. The Morgan fingerprint density at radius 1 is 0.345 bits per heavy atom. The van der Waals surface area contributed by atoms with Gasteiger partial charge in [0.1, 0.15) is 12.7 Å². The summed E-state index contributed by atoms with van der Waals surface area (Å²) in [5, 5.41) is 9.87. The van der Waals surface area contributed by atoms with Gasteiger partial charge in [-0.1, -0.05) is 250 Å². The lowest BCUT2D eigenvalue weighted by atomic mass is 10.1. The Morgan fingerprint density at radius 3 is 1.02 bits per heavy atom. The molecule has 0 amide bonds. The van der Waals surface area contributed by atoms with Crippen molar-refractivity contribution in [2.75, 3.05) is 26.4 Å². The number of carbonyl (C=O) groups excluding carboxylic acids is 3. The van der Waals surface area contributed by atoms with Gasteiger partial charge in [0.15, 0.2) is 6.10 Å². The van der Waals surface area contributed by atoms with E-state index < -0.39 is 64.4 Å². The van der Waals surface area contributed by atoms with Crippen LogP contribution in [0.1, 0.15) is 252 Å². The lowest BCUT2D eigenvalue weighted by molar-refractivity contribution is -0.161. The van der Waals surface area contributed by atoms with Gasteiger partial charge in [-0.15, -0.1) is 0 Å². The number of rotatable bonds is 59. The maximum Gasteiger partial charge on any atom is 0.472 e. The van der Waals surface area contributed by atoms with Gasteiger partial charge in [0.25, 0.3) is 0 Å². The van der Waals surface area contributed by atoms with E-state index in [1.54, 1.807) is 0 Å². The SMILES string of the molecule is CC/C=C\C/C=C\C/C=C\C/C=C\C/C=C\C/C=C\CCC(=O)OCC(COP(=O)(O)OCC(CO)OC(=O)CCCCCCCCCCC/C=C\CCCCCCCC)OC(=O)CCCCC/C=C\C/C=C\C/C=C\C/C=C\C/C=C\CC. The van der Waals surface area contributed by atoms with Crippen molar-refractivity contribution in [3.8, 4) is 0 Å². The van der Waals surface area contributed by atoms with Gasteiger partial charge in [0.2, 0.25) is 0 Å². The van der Waals surface area contributed by atoms with Crippen molar-refractivity contribution in [2.24, 2.45) is 0 Å². The predicted octanol–water partition coefficient (Wildman–Crippen LogP) is 20.3. The van der Waals surface area contributed by atoms with Gasteiger partial charge in [0, 0.05) is 19.3 Å². The summed E-state index contributed by atoms with van der Waals surface area (Å²) < 4.78 is 39.6. The van der Waals surface area contributed by atoms with Gasteiger partial charge in [-0.05, 0) is 128 Å². The molecule has 0 aliphatic carbocycles. The molecule has 0 aromatic carbocycles. The van der Waals surface area contributed by atoms with Crippen molar-refractivity contribution in [3.63, 3.8) is 0 Å². The number of hydrogen-bond acceptors (Lipinski definition) is 10. The average Bonchev–Trinajstić information content (AvgIpc) is 3.55. The summed E-state index contributed by atoms with van der Waals surface area (Å²) in [7, 11) is -4.79. The molecule has 0 aliphatic rings. The van der Waals surface area contributed by atoms with Gasteiger partial charge >= 0.3 is 25.7 Å². The van der Waals surface area contributed by atoms with Crippen molar-refractivity contribution >= 4 is 25.7 Å². The zero-order valence-electron chi connectivity index (χ0n) is 52.8. The molecule has 2 N–H and O–H groups in total. The number of allylic oxidation sites excluding steroid dienone is 24. The Labute approximate surface area is 512 Å². The summed E-state index contributed by atoms with van der Waals surface area (Å²) in [5.74, 6) is -1.62. The molecule has 84 heavy (non-hydrogen) atoms. The van der Waals surface area contributed by atoms with Gasteiger partial charge < -0.3 is 24.2 Å². The molecule has 0 aromatic rings. The zero-order chi connectivity index (χ0) is 61.2. The molecule has 0 aromatic heterocycles. The van der Waals surface area contributed by atoms with E-state index in [0.29, 0.717) is 19.3 Å². The quantitative estimate of drug-likeness (QED) is 0.0197. The van der Waals surface area contributed by atoms with Gasteiger partial charge in [0.05, 0.1) is 19.8 Å². The Kier molecular flexibility index (Phi) is 60.8. The normalized spacial score (nSPS) is 14.2. The van der Waals surface area contributed by atoms with Gasteiger partial charge in [-0.25, -0.2) is 4.57 Å². The first-order valence-corrected chi connectivity index (χ1v) is 34.2. The molecule has 476 valence electrons. The molecule has 0 fully saturated rings. The van der Waals surface area contributed by atoms with Crippen molar-refractivity contribution < 1.29 is 52.2 Å². The lowest BCUT2D eigenvalue weighted by Crippen LogP contribution is -2.30. The molecule has 3 atom stereocenters. The van der Waals surface area contributed by atoms with Crippen LogP contribution < -0.4 is 0 Å². The smallest absolute Gasteiger partial charge is 0.462 e. The van der Waals surface area contributed by atoms with Crippen LogP contribution in [0.15, 0.2) is 146 Å². The van der Waals surface area contributed by atoms with Crippen LogP contribution in [-0.4, -0.2) is 66.5 Å². The lowest BCUT2D eigenvalue weighted by Gasteiger charge is -2.21. The van der Waals surface area contributed by atoms with E-state index in [4.69, 9.17) is 23.3 Å². The average molecular weight is 1190 g/mol. The van der Waals surface area contributed by atoms with E-state index in [9.17, 15) is 28.9 Å². The summed E-state index contributed by atoms with van der Waals surface area (Å²) in [5.41, 5.74) is 0. The molecule has 0 radical (unpaired) electrons. The van der Waals surface area contributed by atoms with Crippen LogP contribution in [0.5, 0.6) is 0 Å². The first-order valence-electron chi connectivity index (χ1n) is 32.7. The van der Waals surface area contributed by atoms with E-state index in [0.717, 1.165) is 109 Å². The number of phosphoric ester groups is 1. The monoisotopic (exact) mass is 1190 g/mol. The van der Waals surface area contributed by atoms with Crippen molar-refractivity contribution in [1.82, 2.24) is 0 Å². The zero-order valence-corrected chi connectivity index (χ0v) is 53.7. The number of phosphoric acid groups is 1. The predicted molar refractivity (Wildman–Crippen MR) is 352 cm³/mol. The molecule has 12 heteroatoms. The summed E-state index contributed by atoms with van der Waals surface area (Å²) in [6.07, 6.45) is 83.8. The molecule has 3 unspecified atom stereocenters. The summed E-state index contributed by atoms with van der Waals surface area (Å²) in [6.45, 7) is 4.30. The van der Waals surface area contributed by atoms with Gasteiger partial charge in [-0.3, -0.25) is 23.4 Å². The van der Waals surface area contributed by atoms with E-state index >= 15 is 0 Å². The summed E-state index contributed by atoms with van der Waals surface area (Å²) >= 11 is 0. The summed E-state index contributed by atoms with van der Waals surface area (Å²) in [4.78, 5) is 48.8. The molecule has 0 heterocycles. The molecule has 0 bridgehead atoms. The Hall–Kier alpha value is -4.64. The topological polar surface area (TPSA) is 155 Å². The number of esters is 3. The highest BCUT2D eigenvalue weighted by molar-refractivity contribution is 7.47. The molecular formula is C72H117O11P. The standard InChI is InChI=1S/C72H117O11P/c1-4-7-10-13-16-19-22-25-28-31-34-37-40-43-46-49-52-55-58-61-70(74)79-65-69(83-72(76)63-60-57-54-51-48-45-42-39-36-33-30-27-24-21-18-15-12-9-6-3)67-81-84(77,78)80-66-68(64-73)82-71(75)62-59-56-53-50-47-44-41-38-35-32-29-26-23-20-17-14-11-8-5-2/h7,9-10,12,16,18-19,21,25-30,34,36-37,39,43,45-46,48,52,55,68-69,73H,4-6,8,11,13-15,17,20,22-24,31-33,35,38,40-42,44,47,49-51,53-54,56-67H2,1-3H3,(H,77,78)/b10-7-,12-9-,19-16-,21-18-,28-25-,29-26-,30-27-,37-34-,39-36-,46-43-,48-45-,55-52-. The number of ether oxygens (including phenoxy) is 3. The minimum Gasteiger partial charge on any atom is -0.462 e. The third-order valence-electron chi connectivity index (χ3n) is 13.2. The highest BCUT2D eigenvalue weighted by atomic mass is 31.2. The minimum atomic E-state index is -4.79. The van der Waals surface area contributed by atoms with Crippen LogP contribution in [0.2, 0.25) is 0 Å². The second kappa shape index (κ2) is 64.4. The first kappa shape index (κ1) is 79.4. The van der Waals surface area contributed by atoms with E-state index in [2.05, 4.69) is 154 Å². The largest absolute Gasteiger partial charge is 0.472 e. The van der Waals surface area contributed by atoms with Crippen molar-refractivity contribution in [3.05, 3.63) is 146 Å². The van der Waals surface area contributed by atoms with Crippen LogP contribution in [0.3, 0.4) is 0 Å². The fraction of sp³-hybridized carbons (Fsp3) is 0.625. The third-order valence-corrected chi connectivity index (χ3v) is 14.2. The number of aliphatic hydroxyl groups is 1. The van der Waals surface area contributed by atoms with Crippen LogP contribution >= 0.6 is 7.82 Å². The second-order valence-electron chi connectivity index (χ2n) is 21.2. The maximum absolute atomic E-state index is 13.0. The van der Waals surface area contributed by atoms with Crippen molar-refractivity contribution in [2.45, 2.75) is 264 Å². The second-order valence-corrected chi connectivity index (χ2v) is 22.6. The summed E-state index contributed by atoms with van der Waals surface area (Å²) in [6, 6.07) is 0. The minimum absolute atomic E-state index is 0.0858. The molecule has 0 saturated heterocycles. The first-order chi connectivity index (χ1) is 41.2. The fourth-order valence-electron chi connectivity index (χ4n) is 8.34. The molecule has 0 saturated carbocycles. The van der Waals surface area contributed by atoms with Crippen molar-refractivity contribution in [1.29, 1.82) is 0 Å². The number of carbonyl (C=O) groups is 3. The van der Waals surface area contributed by atoms with E-state index in [1.165, 1.54) is 83.5 Å².